The fraction of sp³-hybridized carbons (Fsp3) is 0.308. The van der Waals surface area contributed by atoms with Crippen LogP contribution in [0.3, 0.4) is 0 Å². The van der Waals surface area contributed by atoms with Gasteiger partial charge in [0, 0.05) is 23.5 Å². The van der Waals surface area contributed by atoms with Crippen LogP contribution in [0.2, 0.25) is 0 Å². The summed E-state index contributed by atoms with van der Waals surface area (Å²) in [6, 6.07) is 3.55. The van der Waals surface area contributed by atoms with Gasteiger partial charge in [0.15, 0.2) is 0 Å². The number of aromatic nitrogens is 1. The number of H-pyrrole nitrogens is 1. The first-order chi connectivity index (χ1) is 9.02. The molecule has 3 rings (SSSR count). The molecule has 0 radical (unpaired) electrons. The summed E-state index contributed by atoms with van der Waals surface area (Å²) in [6.45, 7) is 0. The van der Waals surface area contributed by atoms with Gasteiger partial charge in [0.1, 0.15) is 17.3 Å². The van der Waals surface area contributed by atoms with Crippen molar-refractivity contribution in [1.82, 2.24) is 10.3 Å². The van der Waals surface area contributed by atoms with Crippen molar-refractivity contribution < 1.29 is 13.6 Å². The minimum atomic E-state index is -0.684. The number of hydrogen-bond acceptors (Lipinski definition) is 2. The second-order valence-electron chi connectivity index (χ2n) is 4.93. The van der Waals surface area contributed by atoms with Gasteiger partial charge in [-0.3, -0.25) is 4.79 Å². The predicted octanol–water partition coefficient (Wildman–Crippen LogP) is 1.67. The van der Waals surface area contributed by atoms with Crippen LogP contribution in [0.15, 0.2) is 18.2 Å². The smallest absolute Gasteiger partial charge is 0.267 e. The van der Waals surface area contributed by atoms with Gasteiger partial charge in [-0.1, -0.05) is 0 Å². The Morgan fingerprint density at radius 3 is 2.74 bits per heavy atom. The number of benzene rings is 1. The lowest BCUT2D eigenvalue weighted by Gasteiger charge is -2.32. The SMILES string of the molecule is NC1CC(NC(=O)c2cc3c(F)cc(F)cc3[nH]2)C1. The molecular formula is C13H13F2N3O. The van der Waals surface area contributed by atoms with E-state index in [-0.39, 0.29) is 34.6 Å². The van der Waals surface area contributed by atoms with E-state index in [1.165, 1.54) is 6.07 Å². The molecule has 2 aromatic rings. The van der Waals surface area contributed by atoms with Crippen LogP contribution in [0, 0.1) is 11.6 Å². The standard InChI is InChI=1S/C13H13F2N3O/c14-6-1-10(15)9-5-12(18-11(9)2-6)13(19)17-8-3-7(16)4-8/h1-2,5,7-8,18H,3-4,16H2,(H,17,19). The summed E-state index contributed by atoms with van der Waals surface area (Å²) in [6.07, 6.45) is 1.49. The van der Waals surface area contributed by atoms with Gasteiger partial charge in [-0.2, -0.15) is 0 Å². The molecule has 1 aliphatic carbocycles. The van der Waals surface area contributed by atoms with Gasteiger partial charge in [-0.05, 0) is 25.0 Å². The molecule has 1 aliphatic rings. The van der Waals surface area contributed by atoms with E-state index in [2.05, 4.69) is 10.3 Å². The first kappa shape index (κ1) is 12.1. The number of fused-ring (bicyclic) bond motifs is 1. The number of carbonyl (C=O) groups excluding carboxylic acids is 1. The van der Waals surface area contributed by atoms with Gasteiger partial charge in [0.25, 0.3) is 5.91 Å². The van der Waals surface area contributed by atoms with E-state index in [1.807, 2.05) is 0 Å². The normalized spacial score (nSPS) is 22.3. The lowest BCUT2D eigenvalue weighted by Crippen LogP contribution is -2.50. The van der Waals surface area contributed by atoms with E-state index in [1.54, 1.807) is 0 Å². The van der Waals surface area contributed by atoms with Gasteiger partial charge in [-0.15, -0.1) is 0 Å². The van der Waals surface area contributed by atoms with Crippen LogP contribution < -0.4 is 11.1 Å². The Bertz CT molecular complexity index is 647. The van der Waals surface area contributed by atoms with Crippen LogP contribution >= 0.6 is 0 Å². The number of nitrogens with two attached hydrogens (primary N) is 1. The van der Waals surface area contributed by atoms with Gasteiger partial charge < -0.3 is 16.0 Å². The molecule has 0 bridgehead atoms. The zero-order valence-electron chi connectivity index (χ0n) is 10.0. The largest absolute Gasteiger partial charge is 0.350 e. The molecule has 4 N–H and O–H groups in total. The third-order valence-electron chi connectivity index (χ3n) is 3.41. The topological polar surface area (TPSA) is 70.9 Å². The Kier molecular flexibility index (Phi) is 2.74. The molecular weight excluding hydrogens is 252 g/mol. The van der Waals surface area contributed by atoms with Crippen molar-refractivity contribution in [2.75, 3.05) is 0 Å². The van der Waals surface area contributed by atoms with Crippen LogP contribution in [0.25, 0.3) is 10.9 Å². The van der Waals surface area contributed by atoms with Gasteiger partial charge in [-0.25, -0.2) is 8.78 Å². The van der Waals surface area contributed by atoms with E-state index in [0.717, 1.165) is 25.0 Å². The highest BCUT2D eigenvalue weighted by Crippen LogP contribution is 2.22. The predicted molar refractivity (Wildman–Crippen MR) is 66.7 cm³/mol. The van der Waals surface area contributed by atoms with E-state index in [0.29, 0.717) is 0 Å². The molecule has 0 spiro atoms. The highest BCUT2D eigenvalue weighted by Gasteiger charge is 2.27. The summed E-state index contributed by atoms with van der Waals surface area (Å²) in [5.74, 6) is -1.69. The number of nitrogens with one attached hydrogen (secondary N) is 2. The molecule has 1 saturated carbocycles. The number of carbonyl (C=O) groups is 1. The fourth-order valence-electron chi connectivity index (χ4n) is 2.33. The zero-order valence-corrected chi connectivity index (χ0v) is 10.0. The molecule has 1 aromatic heterocycles. The quantitative estimate of drug-likeness (QED) is 0.773. The molecule has 1 heterocycles. The third kappa shape index (κ3) is 2.19. The minimum Gasteiger partial charge on any atom is -0.350 e. The number of halogens is 2. The molecule has 0 saturated heterocycles. The van der Waals surface area contributed by atoms with Crippen LogP contribution in [0.1, 0.15) is 23.3 Å². The van der Waals surface area contributed by atoms with Crippen LogP contribution in [0.4, 0.5) is 8.78 Å². The molecule has 1 aromatic carbocycles. The number of amides is 1. The maximum absolute atomic E-state index is 13.5. The monoisotopic (exact) mass is 265 g/mol. The van der Waals surface area contributed by atoms with Crippen LogP contribution in [0.5, 0.6) is 0 Å². The maximum Gasteiger partial charge on any atom is 0.267 e. The summed E-state index contributed by atoms with van der Waals surface area (Å²) in [7, 11) is 0. The van der Waals surface area contributed by atoms with Crippen LogP contribution in [-0.2, 0) is 0 Å². The molecule has 0 atom stereocenters. The Hall–Kier alpha value is -1.95. The summed E-state index contributed by atoms with van der Waals surface area (Å²) in [5, 5.41) is 3.00. The first-order valence-electron chi connectivity index (χ1n) is 6.07. The molecule has 0 aliphatic heterocycles. The second-order valence-corrected chi connectivity index (χ2v) is 4.93. The van der Waals surface area contributed by atoms with Crippen molar-refractivity contribution in [1.29, 1.82) is 0 Å². The molecule has 4 nitrogen and oxygen atoms in total. The Morgan fingerprint density at radius 2 is 2.05 bits per heavy atom. The van der Waals surface area contributed by atoms with Gasteiger partial charge in [0.2, 0.25) is 0 Å². The number of hydrogen-bond donors (Lipinski definition) is 3. The highest BCUT2D eigenvalue weighted by molar-refractivity contribution is 5.98. The van der Waals surface area contributed by atoms with Crippen molar-refractivity contribution in [3.8, 4) is 0 Å². The lowest BCUT2D eigenvalue weighted by atomic mass is 9.87. The third-order valence-corrected chi connectivity index (χ3v) is 3.41. The van der Waals surface area contributed by atoms with Crippen molar-refractivity contribution in [2.45, 2.75) is 24.9 Å². The van der Waals surface area contributed by atoms with Crippen LogP contribution in [-0.4, -0.2) is 23.0 Å². The van der Waals surface area contributed by atoms with E-state index in [4.69, 9.17) is 5.73 Å². The van der Waals surface area contributed by atoms with E-state index in [9.17, 15) is 13.6 Å². The number of rotatable bonds is 2. The van der Waals surface area contributed by atoms with Gasteiger partial charge >= 0.3 is 0 Å². The molecule has 1 fully saturated rings. The highest BCUT2D eigenvalue weighted by atomic mass is 19.1. The zero-order chi connectivity index (χ0) is 13.6. The molecule has 100 valence electrons. The molecule has 19 heavy (non-hydrogen) atoms. The Labute approximate surface area is 108 Å². The number of aromatic amines is 1. The minimum absolute atomic E-state index is 0.0653. The second kappa shape index (κ2) is 4.31. The molecule has 0 unspecified atom stereocenters. The summed E-state index contributed by atoms with van der Waals surface area (Å²) < 4.78 is 26.6. The molecule has 6 heteroatoms. The van der Waals surface area contributed by atoms with Crippen molar-refractivity contribution >= 4 is 16.8 Å². The fourth-order valence-corrected chi connectivity index (χ4v) is 2.33. The summed E-state index contributed by atoms with van der Waals surface area (Å²) >= 11 is 0. The average molecular weight is 265 g/mol. The van der Waals surface area contributed by atoms with Crippen molar-refractivity contribution in [3.63, 3.8) is 0 Å². The maximum atomic E-state index is 13.5. The van der Waals surface area contributed by atoms with Crippen molar-refractivity contribution in [3.05, 3.63) is 35.5 Å². The van der Waals surface area contributed by atoms with E-state index < -0.39 is 11.6 Å². The Morgan fingerprint density at radius 1 is 1.32 bits per heavy atom. The lowest BCUT2D eigenvalue weighted by molar-refractivity contribution is 0.0906. The molecule has 1 amide bonds. The Balaban J connectivity index is 1.84. The first-order valence-corrected chi connectivity index (χ1v) is 6.07. The van der Waals surface area contributed by atoms with E-state index >= 15 is 0 Å². The summed E-state index contributed by atoms with van der Waals surface area (Å²) in [5.41, 5.74) is 6.12. The van der Waals surface area contributed by atoms with Gasteiger partial charge in [0.05, 0.1) is 5.52 Å². The average Bonchev–Trinajstić information content (AvgIpc) is 2.71. The van der Waals surface area contributed by atoms with Crippen molar-refractivity contribution in [2.24, 2.45) is 5.73 Å². The summed E-state index contributed by atoms with van der Waals surface area (Å²) in [4.78, 5) is 14.6.